The highest BCUT2D eigenvalue weighted by Crippen LogP contribution is 2.31. The second-order valence-corrected chi connectivity index (χ2v) is 7.01. The number of aryl methyl sites for hydroxylation is 1. The second kappa shape index (κ2) is 8.24. The molecule has 0 aliphatic carbocycles. The van der Waals surface area contributed by atoms with Gasteiger partial charge in [0.1, 0.15) is 6.10 Å². The molecule has 3 aromatic rings. The molecule has 0 fully saturated rings. The number of rotatable bonds is 6. The Morgan fingerprint density at radius 1 is 1.12 bits per heavy atom. The Kier molecular flexibility index (Phi) is 6.02. The van der Waals surface area contributed by atoms with Crippen molar-refractivity contribution in [1.82, 2.24) is 9.55 Å². The van der Waals surface area contributed by atoms with Crippen LogP contribution in [0.3, 0.4) is 0 Å². The van der Waals surface area contributed by atoms with Crippen LogP contribution in [-0.2, 0) is 17.9 Å². The number of aromatic nitrogens is 2. The van der Waals surface area contributed by atoms with Crippen molar-refractivity contribution in [3.63, 3.8) is 0 Å². The molecular formula is C19H17Cl3N2O. The third-order valence-electron chi connectivity index (χ3n) is 4.03. The Bertz CT molecular complexity index is 830. The fraction of sp³-hybridized carbons (Fsp3) is 0.211. The Morgan fingerprint density at radius 2 is 1.96 bits per heavy atom. The normalized spacial score (nSPS) is 12.3. The lowest BCUT2D eigenvalue weighted by Gasteiger charge is -2.21. The van der Waals surface area contributed by atoms with Crippen molar-refractivity contribution >= 4 is 34.8 Å². The van der Waals surface area contributed by atoms with Gasteiger partial charge in [-0.2, -0.15) is 0 Å². The molecule has 0 saturated heterocycles. The van der Waals surface area contributed by atoms with E-state index in [2.05, 4.69) is 4.98 Å². The van der Waals surface area contributed by atoms with Gasteiger partial charge in [-0.1, -0.05) is 53.0 Å². The molecule has 3 rings (SSSR count). The number of ether oxygens (including phenoxy) is 1. The number of benzene rings is 2. The molecule has 25 heavy (non-hydrogen) atoms. The summed E-state index contributed by atoms with van der Waals surface area (Å²) in [5.41, 5.74) is 2.95. The Labute approximate surface area is 162 Å². The molecule has 0 saturated carbocycles. The lowest BCUT2D eigenvalue weighted by molar-refractivity contribution is 0.0278. The minimum atomic E-state index is -0.255. The minimum absolute atomic E-state index is 0.255. The van der Waals surface area contributed by atoms with Gasteiger partial charge in [-0.25, -0.2) is 4.98 Å². The molecule has 1 heterocycles. The van der Waals surface area contributed by atoms with Crippen LogP contribution >= 0.6 is 34.8 Å². The van der Waals surface area contributed by atoms with Gasteiger partial charge in [0, 0.05) is 33.0 Å². The SMILES string of the molecule is Cc1cccc(Cl)c1COC(Cn1ccnc1)c1ccc(Cl)cc1Cl. The maximum atomic E-state index is 6.39. The largest absolute Gasteiger partial charge is 0.367 e. The number of hydrogen-bond donors (Lipinski definition) is 0. The number of imidazole rings is 1. The maximum Gasteiger partial charge on any atom is 0.102 e. The summed E-state index contributed by atoms with van der Waals surface area (Å²) < 4.78 is 8.16. The van der Waals surface area contributed by atoms with E-state index < -0.39 is 0 Å². The van der Waals surface area contributed by atoms with E-state index in [1.54, 1.807) is 18.6 Å². The van der Waals surface area contributed by atoms with Crippen molar-refractivity contribution in [3.05, 3.63) is 86.9 Å². The highest BCUT2D eigenvalue weighted by Gasteiger charge is 2.18. The lowest BCUT2D eigenvalue weighted by atomic mass is 10.1. The van der Waals surface area contributed by atoms with Gasteiger partial charge in [-0.05, 0) is 36.2 Å². The average molecular weight is 396 g/mol. The van der Waals surface area contributed by atoms with Crippen molar-refractivity contribution in [1.29, 1.82) is 0 Å². The molecule has 0 spiro atoms. The molecule has 6 heteroatoms. The number of nitrogens with zero attached hydrogens (tertiary/aromatic N) is 2. The third-order valence-corrected chi connectivity index (χ3v) is 4.94. The summed E-state index contributed by atoms with van der Waals surface area (Å²) >= 11 is 18.7. The first-order valence-electron chi connectivity index (χ1n) is 7.81. The smallest absolute Gasteiger partial charge is 0.102 e. The molecule has 0 aliphatic rings. The molecule has 3 nitrogen and oxygen atoms in total. The zero-order chi connectivity index (χ0) is 17.8. The summed E-state index contributed by atoms with van der Waals surface area (Å²) in [6, 6.07) is 11.3. The van der Waals surface area contributed by atoms with Crippen LogP contribution in [0.1, 0.15) is 22.8 Å². The van der Waals surface area contributed by atoms with E-state index in [9.17, 15) is 0 Å². The van der Waals surface area contributed by atoms with E-state index in [0.29, 0.717) is 28.2 Å². The molecule has 0 N–H and O–H groups in total. The highest BCUT2D eigenvalue weighted by molar-refractivity contribution is 6.35. The molecule has 130 valence electrons. The quantitative estimate of drug-likeness (QED) is 0.503. The van der Waals surface area contributed by atoms with Gasteiger partial charge in [0.25, 0.3) is 0 Å². The molecule has 0 bridgehead atoms. The van der Waals surface area contributed by atoms with Crippen LogP contribution < -0.4 is 0 Å². The number of hydrogen-bond acceptors (Lipinski definition) is 2. The molecule has 2 aromatic carbocycles. The van der Waals surface area contributed by atoms with Crippen LogP contribution in [0.4, 0.5) is 0 Å². The van der Waals surface area contributed by atoms with Gasteiger partial charge in [0.05, 0.1) is 19.5 Å². The maximum absolute atomic E-state index is 6.39. The van der Waals surface area contributed by atoms with Crippen LogP contribution in [-0.4, -0.2) is 9.55 Å². The van der Waals surface area contributed by atoms with E-state index in [1.807, 2.05) is 48.0 Å². The standard InChI is InChI=1S/C19H17Cl3N2O/c1-13-3-2-4-17(21)16(13)11-25-19(10-24-8-7-23-12-24)15-6-5-14(20)9-18(15)22/h2-9,12,19H,10-11H2,1H3. The zero-order valence-electron chi connectivity index (χ0n) is 13.6. The van der Waals surface area contributed by atoms with Gasteiger partial charge >= 0.3 is 0 Å². The molecular weight excluding hydrogens is 379 g/mol. The van der Waals surface area contributed by atoms with Crippen LogP contribution in [0.5, 0.6) is 0 Å². The van der Waals surface area contributed by atoms with Gasteiger partial charge in [0.15, 0.2) is 0 Å². The van der Waals surface area contributed by atoms with Crippen LogP contribution in [0.15, 0.2) is 55.1 Å². The first-order chi connectivity index (χ1) is 12.0. The predicted molar refractivity (Wildman–Crippen MR) is 102 cm³/mol. The minimum Gasteiger partial charge on any atom is -0.367 e. The summed E-state index contributed by atoms with van der Waals surface area (Å²) in [4.78, 5) is 4.08. The van der Waals surface area contributed by atoms with Crippen LogP contribution in [0, 0.1) is 6.92 Å². The first kappa shape index (κ1) is 18.3. The van der Waals surface area contributed by atoms with Crippen LogP contribution in [0.2, 0.25) is 15.1 Å². The highest BCUT2D eigenvalue weighted by atomic mass is 35.5. The van der Waals surface area contributed by atoms with Crippen molar-refractivity contribution in [2.24, 2.45) is 0 Å². The van der Waals surface area contributed by atoms with Crippen molar-refractivity contribution in [2.75, 3.05) is 0 Å². The van der Waals surface area contributed by atoms with Crippen molar-refractivity contribution < 1.29 is 4.74 Å². The fourth-order valence-corrected chi connectivity index (χ4v) is 3.43. The molecule has 0 aliphatic heterocycles. The van der Waals surface area contributed by atoms with Gasteiger partial charge in [-0.3, -0.25) is 0 Å². The van der Waals surface area contributed by atoms with E-state index in [-0.39, 0.29) is 6.10 Å². The van der Waals surface area contributed by atoms with E-state index in [0.717, 1.165) is 16.7 Å². The molecule has 0 radical (unpaired) electrons. The fourth-order valence-electron chi connectivity index (χ4n) is 2.62. The van der Waals surface area contributed by atoms with E-state index in [1.165, 1.54) is 0 Å². The predicted octanol–water partition coefficient (Wildman–Crippen LogP) is 6.11. The topological polar surface area (TPSA) is 27.1 Å². The monoisotopic (exact) mass is 394 g/mol. The van der Waals surface area contributed by atoms with Gasteiger partial charge < -0.3 is 9.30 Å². The Morgan fingerprint density at radius 3 is 2.64 bits per heavy atom. The van der Waals surface area contributed by atoms with Crippen molar-refractivity contribution in [2.45, 2.75) is 26.2 Å². The molecule has 1 aromatic heterocycles. The summed E-state index contributed by atoms with van der Waals surface area (Å²) in [7, 11) is 0. The van der Waals surface area contributed by atoms with Gasteiger partial charge in [0.2, 0.25) is 0 Å². The van der Waals surface area contributed by atoms with Gasteiger partial charge in [-0.15, -0.1) is 0 Å². The summed E-state index contributed by atoms with van der Waals surface area (Å²) in [5.74, 6) is 0. The van der Waals surface area contributed by atoms with E-state index >= 15 is 0 Å². The third kappa shape index (κ3) is 4.56. The number of halogens is 3. The summed E-state index contributed by atoms with van der Waals surface area (Å²) in [6.45, 7) is 3.00. The molecule has 1 atom stereocenters. The van der Waals surface area contributed by atoms with Crippen LogP contribution in [0.25, 0.3) is 0 Å². The average Bonchev–Trinajstić information content (AvgIpc) is 3.06. The molecule has 1 unspecified atom stereocenters. The van der Waals surface area contributed by atoms with E-state index in [4.69, 9.17) is 39.5 Å². The summed E-state index contributed by atoms with van der Waals surface area (Å²) in [5, 5.41) is 1.87. The second-order valence-electron chi connectivity index (χ2n) is 5.76. The lowest BCUT2D eigenvalue weighted by Crippen LogP contribution is -2.13. The Balaban J connectivity index is 1.86. The Hall–Kier alpha value is -1.52. The molecule has 0 amide bonds. The first-order valence-corrected chi connectivity index (χ1v) is 8.94. The zero-order valence-corrected chi connectivity index (χ0v) is 15.9. The van der Waals surface area contributed by atoms with Crippen molar-refractivity contribution in [3.8, 4) is 0 Å². The summed E-state index contributed by atoms with van der Waals surface area (Å²) in [6.07, 6.45) is 5.12.